The number of fused-ring (bicyclic) bond motifs is 2. The molecule has 0 amide bonds. The molecule has 40 heavy (non-hydrogen) atoms. The molecule has 2 saturated heterocycles. The topological polar surface area (TPSA) is 73.8 Å². The Balaban J connectivity index is 1.55. The molecule has 0 unspecified atom stereocenters. The van der Waals surface area contributed by atoms with Gasteiger partial charge in [-0.1, -0.05) is 60.7 Å². The molecule has 0 aromatic heterocycles. The smallest absolute Gasteiger partial charge is 0.220 e. The van der Waals surface area contributed by atoms with Crippen LogP contribution in [0.15, 0.2) is 60.7 Å². The van der Waals surface area contributed by atoms with Crippen LogP contribution in [0.3, 0.4) is 0 Å². The van der Waals surface area contributed by atoms with Gasteiger partial charge in [0.1, 0.15) is 36.6 Å². The Morgan fingerprint density at radius 3 is 1.18 bits per heavy atom. The third-order valence-electron chi connectivity index (χ3n) is 9.15. The molecule has 8 atom stereocenters. The largest absolute Gasteiger partial charge is 0.368 e. The van der Waals surface area contributed by atoms with Crippen LogP contribution in [0.2, 0.25) is 0 Å². The van der Waals surface area contributed by atoms with Crippen LogP contribution in [0.1, 0.15) is 52.7 Å². The summed E-state index contributed by atoms with van der Waals surface area (Å²) in [6.45, 7) is 12.6. The number of hydrogen-bond acceptors (Lipinski definition) is 8. The quantitative estimate of drug-likeness (QED) is 0.449. The number of rotatable bonds is 8. The predicted molar refractivity (Wildman–Crippen MR) is 149 cm³/mol. The first-order valence-corrected chi connectivity index (χ1v) is 14.1. The van der Waals surface area contributed by atoms with Crippen molar-refractivity contribution in [3.05, 3.63) is 71.8 Å². The zero-order valence-electron chi connectivity index (χ0n) is 24.9. The second-order valence-electron chi connectivity index (χ2n) is 12.2. The molecule has 2 heterocycles. The highest BCUT2D eigenvalue weighted by Crippen LogP contribution is 2.50. The van der Waals surface area contributed by atoms with Gasteiger partial charge in [-0.3, -0.25) is 0 Å². The molecule has 2 aromatic carbocycles. The summed E-state index contributed by atoms with van der Waals surface area (Å²) in [5.74, 6) is -2.45. The minimum Gasteiger partial charge on any atom is -0.368 e. The highest BCUT2D eigenvalue weighted by atomic mass is 16.8. The van der Waals surface area contributed by atoms with E-state index in [1.165, 1.54) is 0 Å². The summed E-state index contributed by atoms with van der Waals surface area (Å²) in [5, 5.41) is 0. The molecule has 3 fully saturated rings. The van der Waals surface area contributed by atoms with Crippen molar-refractivity contribution in [2.24, 2.45) is 0 Å². The summed E-state index contributed by atoms with van der Waals surface area (Å²) in [6.07, 6.45) is -3.27. The minimum atomic E-state index is -1.22. The Morgan fingerprint density at radius 2 is 0.850 bits per heavy atom. The van der Waals surface area contributed by atoms with E-state index in [2.05, 4.69) is 0 Å². The molecule has 0 bridgehead atoms. The molecule has 0 radical (unpaired) electrons. The van der Waals surface area contributed by atoms with Crippen LogP contribution in [0.4, 0.5) is 0 Å². The average molecular weight is 557 g/mol. The fourth-order valence-corrected chi connectivity index (χ4v) is 5.74. The summed E-state index contributed by atoms with van der Waals surface area (Å²) in [6, 6.07) is 20.1. The van der Waals surface area contributed by atoms with Gasteiger partial charge in [-0.15, -0.1) is 0 Å². The maximum atomic E-state index is 6.87. The number of methoxy groups -OCH3 is 2. The molecule has 5 rings (SSSR count). The van der Waals surface area contributed by atoms with Gasteiger partial charge in [-0.25, -0.2) is 0 Å². The number of hydrogen-bond donors (Lipinski definition) is 0. The van der Waals surface area contributed by atoms with Crippen LogP contribution in [-0.2, 0) is 51.1 Å². The molecule has 0 N–H and O–H groups in total. The van der Waals surface area contributed by atoms with Crippen molar-refractivity contribution in [1.82, 2.24) is 0 Å². The zero-order chi connectivity index (χ0) is 28.8. The molecule has 2 aromatic rings. The van der Waals surface area contributed by atoms with Crippen LogP contribution in [-0.4, -0.2) is 73.6 Å². The van der Waals surface area contributed by atoms with Gasteiger partial charge in [0.25, 0.3) is 0 Å². The van der Waals surface area contributed by atoms with E-state index in [0.29, 0.717) is 13.2 Å². The molecule has 8 heteroatoms. The monoisotopic (exact) mass is 556 g/mol. The minimum absolute atomic E-state index is 0.370. The molecule has 1 saturated carbocycles. The molecule has 3 aliphatic rings. The van der Waals surface area contributed by atoms with Crippen LogP contribution < -0.4 is 0 Å². The highest BCUT2D eigenvalue weighted by molar-refractivity contribution is 5.17. The second-order valence-corrected chi connectivity index (χ2v) is 12.2. The predicted octanol–water partition coefficient (Wildman–Crippen LogP) is 5.02. The van der Waals surface area contributed by atoms with Crippen LogP contribution in [0.25, 0.3) is 0 Å². The number of ether oxygens (including phenoxy) is 8. The summed E-state index contributed by atoms with van der Waals surface area (Å²) in [5.41, 5.74) is 0.866. The first-order valence-electron chi connectivity index (χ1n) is 14.1. The first-order chi connectivity index (χ1) is 18.9. The van der Waals surface area contributed by atoms with Crippen LogP contribution >= 0.6 is 0 Å². The third kappa shape index (κ3) is 5.25. The van der Waals surface area contributed by atoms with Crippen LogP contribution in [0.5, 0.6) is 0 Å². The van der Waals surface area contributed by atoms with E-state index in [1.807, 2.05) is 102 Å². The molecule has 220 valence electrons. The van der Waals surface area contributed by atoms with E-state index in [1.54, 1.807) is 14.2 Å². The van der Waals surface area contributed by atoms with Gasteiger partial charge in [0.2, 0.25) is 11.6 Å². The van der Waals surface area contributed by atoms with Crippen molar-refractivity contribution in [3.8, 4) is 0 Å². The van der Waals surface area contributed by atoms with Gasteiger partial charge in [0.15, 0.2) is 0 Å². The summed E-state index contributed by atoms with van der Waals surface area (Å²) in [4.78, 5) is 0. The lowest BCUT2D eigenvalue weighted by atomic mass is 9.78. The summed E-state index contributed by atoms with van der Waals surface area (Å²) < 4.78 is 52.4. The van der Waals surface area contributed by atoms with E-state index in [0.717, 1.165) is 11.1 Å². The molecular formula is C32H44O8. The van der Waals surface area contributed by atoms with Gasteiger partial charge in [-0.2, -0.15) is 0 Å². The summed E-state index contributed by atoms with van der Waals surface area (Å²) in [7, 11) is 3.17. The lowest BCUT2D eigenvalue weighted by Crippen LogP contribution is -2.78. The van der Waals surface area contributed by atoms with Gasteiger partial charge >= 0.3 is 0 Å². The molecule has 2 aliphatic heterocycles. The van der Waals surface area contributed by atoms with Crippen molar-refractivity contribution in [2.45, 2.75) is 114 Å². The van der Waals surface area contributed by atoms with Gasteiger partial charge in [0, 0.05) is 14.2 Å². The van der Waals surface area contributed by atoms with Gasteiger partial charge in [0.05, 0.1) is 24.4 Å². The van der Waals surface area contributed by atoms with Crippen LogP contribution in [0, 0.1) is 0 Å². The van der Waals surface area contributed by atoms with Crippen molar-refractivity contribution in [2.75, 3.05) is 14.2 Å². The Morgan fingerprint density at radius 1 is 0.525 bits per heavy atom. The van der Waals surface area contributed by atoms with Crippen molar-refractivity contribution >= 4 is 0 Å². The summed E-state index contributed by atoms with van der Waals surface area (Å²) >= 11 is 0. The maximum Gasteiger partial charge on any atom is 0.220 e. The normalized spacial score (nSPS) is 38.3. The zero-order valence-corrected chi connectivity index (χ0v) is 24.9. The van der Waals surface area contributed by atoms with Crippen molar-refractivity contribution < 1.29 is 37.9 Å². The van der Waals surface area contributed by atoms with E-state index >= 15 is 0 Å². The standard InChI is InChI=1S/C32H44O8/c1-29(2)30(3,4)38-26-24(36-20-22-17-13-10-14-18-22)28-27(39-31(5,33-7)32(6,34-8)40-28)23(25(26)37-29)35-19-21-15-11-9-12-16-21/h9-18,23-28H,19-20H2,1-8H3/t23-,24+,25-,26-,27+,28+,31-,32-/m0/s1. The van der Waals surface area contributed by atoms with Crippen molar-refractivity contribution in [1.29, 1.82) is 0 Å². The molecule has 8 nitrogen and oxygen atoms in total. The lowest BCUT2D eigenvalue weighted by molar-refractivity contribution is -0.482. The van der Waals surface area contributed by atoms with E-state index in [4.69, 9.17) is 37.9 Å². The van der Waals surface area contributed by atoms with E-state index in [9.17, 15) is 0 Å². The Labute approximate surface area is 238 Å². The second kappa shape index (κ2) is 11.1. The fraction of sp³-hybridized carbons (Fsp3) is 0.625. The van der Waals surface area contributed by atoms with Crippen molar-refractivity contribution in [3.63, 3.8) is 0 Å². The highest BCUT2D eigenvalue weighted by Gasteiger charge is 2.68. The Hall–Kier alpha value is -1.88. The molecule has 0 spiro atoms. The Bertz CT molecular complexity index is 1030. The van der Waals surface area contributed by atoms with E-state index < -0.39 is 59.4 Å². The number of benzene rings is 2. The maximum absolute atomic E-state index is 6.87. The van der Waals surface area contributed by atoms with Gasteiger partial charge in [-0.05, 0) is 52.7 Å². The lowest BCUT2D eigenvalue weighted by Gasteiger charge is -2.62. The fourth-order valence-electron chi connectivity index (χ4n) is 5.74. The molecular weight excluding hydrogens is 512 g/mol. The Kier molecular flexibility index (Phi) is 8.20. The third-order valence-corrected chi connectivity index (χ3v) is 9.15. The van der Waals surface area contributed by atoms with Gasteiger partial charge < -0.3 is 37.9 Å². The molecule has 1 aliphatic carbocycles. The average Bonchev–Trinajstić information content (AvgIpc) is 2.94. The SMILES string of the molecule is CO[C@@]1(C)O[C@@H]2[C@H](OCc3ccccc3)[C@@H]3OC(C)(C)C(C)(C)O[C@H]3[C@H](OCc3ccccc3)[C@H]2O[C@]1(C)OC. The first kappa shape index (κ1) is 29.6. The van der Waals surface area contributed by atoms with E-state index in [-0.39, 0.29) is 0 Å².